The topological polar surface area (TPSA) is 68.5 Å². The van der Waals surface area contributed by atoms with Crippen LogP contribution in [0.5, 0.6) is 0 Å². The minimum absolute atomic E-state index is 0.0528. The van der Waals surface area contributed by atoms with Gasteiger partial charge in [0.05, 0.1) is 12.7 Å². The normalized spacial score (nSPS) is 12.0. The highest BCUT2D eigenvalue weighted by molar-refractivity contribution is 5.96. The van der Waals surface area contributed by atoms with Crippen molar-refractivity contribution in [1.29, 1.82) is 0 Å². The number of esters is 1. The van der Waals surface area contributed by atoms with Gasteiger partial charge in [-0.05, 0) is 51.0 Å². The minimum atomic E-state index is -0.890. The van der Waals surface area contributed by atoms with Crippen LogP contribution in [0.4, 0.5) is 5.69 Å². The summed E-state index contributed by atoms with van der Waals surface area (Å²) in [4.78, 5) is 24.6. The molecule has 5 heteroatoms. The Morgan fingerprint density at radius 1 is 1.07 bits per heavy atom. The van der Waals surface area contributed by atoms with Gasteiger partial charge in [-0.25, -0.2) is 0 Å². The second-order valence-corrected chi connectivity index (χ2v) is 6.88. The molecule has 1 atom stereocenters. The van der Waals surface area contributed by atoms with Crippen molar-refractivity contribution in [1.82, 2.24) is 0 Å². The molecular formula is C22H23NO4. The summed E-state index contributed by atoms with van der Waals surface area (Å²) in [6, 6.07) is 11.6. The van der Waals surface area contributed by atoms with Gasteiger partial charge in [-0.15, -0.1) is 0 Å². The molecular weight excluding hydrogens is 342 g/mol. The Kier molecular flexibility index (Phi) is 5.31. The number of furan rings is 1. The smallest absolute Gasteiger partial charge is 0.311 e. The summed E-state index contributed by atoms with van der Waals surface area (Å²) >= 11 is 0. The van der Waals surface area contributed by atoms with Crippen LogP contribution >= 0.6 is 0 Å². The fraction of sp³-hybridized carbons (Fsp3) is 0.273. The van der Waals surface area contributed by atoms with Gasteiger partial charge in [-0.1, -0.05) is 29.8 Å². The zero-order chi connectivity index (χ0) is 19.6. The Morgan fingerprint density at radius 2 is 1.78 bits per heavy atom. The molecule has 0 fully saturated rings. The third-order valence-electron chi connectivity index (χ3n) is 4.46. The Labute approximate surface area is 158 Å². The Bertz CT molecular complexity index is 1000. The summed E-state index contributed by atoms with van der Waals surface area (Å²) in [5.41, 5.74) is 5.36. The summed E-state index contributed by atoms with van der Waals surface area (Å²) in [5.74, 6) is -0.829. The predicted molar refractivity (Wildman–Crippen MR) is 105 cm³/mol. The van der Waals surface area contributed by atoms with Crippen molar-refractivity contribution in [3.63, 3.8) is 0 Å². The first kappa shape index (κ1) is 18.7. The third kappa shape index (κ3) is 4.37. The van der Waals surface area contributed by atoms with E-state index in [4.69, 9.17) is 9.15 Å². The molecule has 1 amide bonds. The number of amides is 1. The van der Waals surface area contributed by atoms with Gasteiger partial charge in [0.25, 0.3) is 5.91 Å². The molecule has 0 unspecified atom stereocenters. The summed E-state index contributed by atoms with van der Waals surface area (Å²) in [5, 5.41) is 3.68. The molecule has 1 N–H and O–H groups in total. The van der Waals surface area contributed by atoms with Crippen molar-refractivity contribution >= 4 is 28.5 Å². The van der Waals surface area contributed by atoms with Crippen LogP contribution in [0.3, 0.4) is 0 Å². The van der Waals surface area contributed by atoms with Crippen molar-refractivity contribution in [2.45, 2.75) is 40.2 Å². The van der Waals surface area contributed by atoms with Gasteiger partial charge in [0.1, 0.15) is 5.58 Å². The molecule has 1 heterocycles. The number of ether oxygens (including phenoxy) is 1. The van der Waals surface area contributed by atoms with Gasteiger partial charge in [-0.3, -0.25) is 9.59 Å². The molecule has 0 aliphatic rings. The van der Waals surface area contributed by atoms with Crippen molar-refractivity contribution in [3.8, 4) is 0 Å². The van der Waals surface area contributed by atoms with Crippen LogP contribution in [0.15, 0.2) is 47.1 Å². The van der Waals surface area contributed by atoms with Crippen molar-refractivity contribution in [2.24, 2.45) is 0 Å². The monoisotopic (exact) mass is 365 g/mol. The summed E-state index contributed by atoms with van der Waals surface area (Å²) in [6.07, 6.45) is 0.724. The molecule has 3 rings (SSSR count). The van der Waals surface area contributed by atoms with E-state index in [9.17, 15) is 9.59 Å². The third-order valence-corrected chi connectivity index (χ3v) is 4.46. The highest BCUT2D eigenvalue weighted by Gasteiger charge is 2.20. The number of hydrogen-bond acceptors (Lipinski definition) is 4. The number of fused-ring (bicyclic) bond motifs is 1. The van der Waals surface area contributed by atoms with Gasteiger partial charge >= 0.3 is 5.97 Å². The first-order valence-electron chi connectivity index (χ1n) is 8.88. The molecule has 0 saturated carbocycles. The minimum Gasteiger partial charge on any atom is -0.464 e. The maximum absolute atomic E-state index is 12.3. The lowest BCUT2D eigenvalue weighted by molar-refractivity contribution is -0.152. The van der Waals surface area contributed by atoms with Crippen LogP contribution in [0.2, 0.25) is 0 Å². The zero-order valence-electron chi connectivity index (χ0n) is 16.0. The molecule has 1 aromatic heterocycles. The maximum Gasteiger partial charge on any atom is 0.311 e. The van der Waals surface area contributed by atoms with Crippen LogP contribution in [0.25, 0.3) is 11.0 Å². The largest absolute Gasteiger partial charge is 0.464 e. The molecule has 2 aromatic carbocycles. The molecule has 0 radical (unpaired) electrons. The van der Waals surface area contributed by atoms with E-state index >= 15 is 0 Å². The van der Waals surface area contributed by atoms with E-state index in [1.807, 2.05) is 57.2 Å². The SMILES string of the molecule is Cc1ccc(NC(=O)[C@H](C)OC(=O)Cc2coc3cc(C)ccc23)c(C)c1. The molecule has 0 aliphatic carbocycles. The molecule has 0 saturated heterocycles. The lowest BCUT2D eigenvalue weighted by atomic mass is 10.1. The average Bonchev–Trinajstić information content (AvgIpc) is 2.98. The number of carbonyl (C=O) groups is 2. The van der Waals surface area contributed by atoms with Crippen LogP contribution < -0.4 is 5.32 Å². The van der Waals surface area contributed by atoms with Gasteiger partial charge in [0, 0.05) is 16.6 Å². The van der Waals surface area contributed by atoms with Gasteiger partial charge in [-0.2, -0.15) is 0 Å². The molecule has 27 heavy (non-hydrogen) atoms. The number of carbonyl (C=O) groups excluding carboxylic acids is 2. The second kappa shape index (κ2) is 7.66. The zero-order valence-corrected chi connectivity index (χ0v) is 16.0. The number of aryl methyl sites for hydroxylation is 3. The van der Waals surface area contributed by atoms with E-state index in [0.717, 1.165) is 33.2 Å². The van der Waals surface area contributed by atoms with E-state index in [-0.39, 0.29) is 12.3 Å². The van der Waals surface area contributed by atoms with Crippen LogP contribution in [-0.2, 0) is 20.7 Å². The Hall–Kier alpha value is -3.08. The van der Waals surface area contributed by atoms with E-state index in [1.165, 1.54) is 0 Å². The summed E-state index contributed by atoms with van der Waals surface area (Å²) in [7, 11) is 0. The number of nitrogens with one attached hydrogen (secondary N) is 1. The van der Waals surface area contributed by atoms with E-state index in [0.29, 0.717) is 5.69 Å². The van der Waals surface area contributed by atoms with E-state index in [2.05, 4.69) is 5.32 Å². The van der Waals surface area contributed by atoms with Crippen LogP contribution in [0, 0.1) is 20.8 Å². The van der Waals surface area contributed by atoms with Gasteiger partial charge in [0.2, 0.25) is 0 Å². The molecule has 3 aromatic rings. The van der Waals surface area contributed by atoms with E-state index < -0.39 is 12.1 Å². The number of anilines is 1. The van der Waals surface area contributed by atoms with Crippen LogP contribution in [-0.4, -0.2) is 18.0 Å². The lowest BCUT2D eigenvalue weighted by Crippen LogP contribution is -2.30. The standard InChI is InChI=1S/C22H23NO4/c1-13-6-8-19(15(3)9-13)23-22(25)16(4)27-21(24)11-17-12-26-20-10-14(2)5-7-18(17)20/h5-10,12,16H,11H2,1-4H3,(H,23,25)/t16-/m0/s1. The Morgan fingerprint density at radius 3 is 2.52 bits per heavy atom. The highest BCUT2D eigenvalue weighted by atomic mass is 16.5. The van der Waals surface area contributed by atoms with Gasteiger partial charge in [0.15, 0.2) is 6.10 Å². The molecule has 0 spiro atoms. The summed E-state index contributed by atoms with van der Waals surface area (Å²) in [6.45, 7) is 7.45. The molecule has 0 bridgehead atoms. The first-order valence-corrected chi connectivity index (χ1v) is 8.88. The average molecular weight is 365 g/mol. The van der Waals surface area contributed by atoms with Crippen molar-refractivity contribution < 1.29 is 18.7 Å². The molecule has 0 aliphatic heterocycles. The number of rotatable bonds is 5. The Balaban J connectivity index is 1.61. The molecule has 140 valence electrons. The van der Waals surface area contributed by atoms with E-state index in [1.54, 1.807) is 13.2 Å². The highest BCUT2D eigenvalue weighted by Crippen LogP contribution is 2.23. The number of hydrogen-bond donors (Lipinski definition) is 1. The lowest BCUT2D eigenvalue weighted by Gasteiger charge is -2.15. The van der Waals surface area contributed by atoms with Crippen LogP contribution in [0.1, 0.15) is 29.2 Å². The summed E-state index contributed by atoms with van der Waals surface area (Å²) < 4.78 is 10.8. The fourth-order valence-corrected chi connectivity index (χ4v) is 2.96. The fourth-order valence-electron chi connectivity index (χ4n) is 2.96. The quantitative estimate of drug-likeness (QED) is 0.677. The second-order valence-electron chi connectivity index (χ2n) is 6.88. The first-order chi connectivity index (χ1) is 12.8. The van der Waals surface area contributed by atoms with Gasteiger partial charge < -0.3 is 14.5 Å². The van der Waals surface area contributed by atoms with Crippen molar-refractivity contribution in [2.75, 3.05) is 5.32 Å². The maximum atomic E-state index is 12.3. The molecule has 5 nitrogen and oxygen atoms in total. The van der Waals surface area contributed by atoms with Crippen molar-refractivity contribution in [3.05, 3.63) is 64.9 Å². The predicted octanol–water partition coefficient (Wildman–Crippen LogP) is 4.47. The number of benzene rings is 2.